The molecule has 0 saturated carbocycles. The summed E-state index contributed by atoms with van der Waals surface area (Å²) in [6.45, 7) is 1.71. The second-order valence-electron chi connectivity index (χ2n) is 3.65. The fourth-order valence-electron chi connectivity index (χ4n) is 1.54. The van der Waals surface area contributed by atoms with Crippen molar-refractivity contribution >= 4 is 0 Å². The van der Waals surface area contributed by atoms with Crippen molar-refractivity contribution in [2.24, 2.45) is 0 Å². The third kappa shape index (κ3) is 1.77. The van der Waals surface area contributed by atoms with Crippen molar-refractivity contribution in [1.29, 1.82) is 0 Å². The Balaban J connectivity index is 2.02. The molecular formula is C12H8FN3O2. The molecule has 0 bridgehead atoms. The molecular weight excluding hydrogens is 237 g/mol. The average molecular weight is 245 g/mol. The number of oxazole rings is 1. The van der Waals surface area contributed by atoms with Crippen molar-refractivity contribution in [2.45, 2.75) is 6.92 Å². The second-order valence-corrected chi connectivity index (χ2v) is 3.65. The normalized spacial score (nSPS) is 10.8. The number of rotatable bonds is 2. The number of hydrogen-bond acceptors (Lipinski definition) is 5. The van der Waals surface area contributed by atoms with Crippen molar-refractivity contribution < 1.29 is 13.3 Å². The Hall–Kier alpha value is -2.50. The van der Waals surface area contributed by atoms with Crippen LogP contribution >= 0.6 is 0 Å². The van der Waals surface area contributed by atoms with Gasteiger partial charge in [-0.05, 0) is 12.1 Å². The Kier molecular flexibility index (Phi) is 2.40. The van der Waals surface area contributed by atoms with E-state index in [1.165, 1.54) is 12.3 Å². The molecule has 2 aromatic heterocycles. The molecule has 3 aromatic rings. The minimum absolute atomic E-state index is 0.115. The summed E-state index contributed by atoms with van der Waals surface area (Å²) in [6, 6.07) is 6.19. The molecule has 0 N–H and O–H groups in total. The van der Waals surface area contributed by atoms with Gasteiger partial charge >= 0.3 is 0 Å². The molecule has 0 amide bonds. The van der Waals surface area contributed by atoms with E-state index < -0.39 is 5.82 Å². The maximum Gasteiger partial charge on any atom is 0.261 e. The van der Waals surface area contributed by atoms with Crippen LogP contribution in [0.2, 0.25) is 0 Å². The smallest absolute Gasteiger partial charge is 0.261 e. The van der Waals surface area contributed by atoms with Crippen LogP contribution in [0.25, 0.3) is 23.0 Å². The Morgan fingerprint density at radius 3 is 2.72 bits per heavy atom. The summed E-state index contributed by atoms with van der Waals surface area (Å²) in [5.74, 6) is 0.472. The number of halogens is 1. The maximum absolute atomic E-state index is 13.5. The molecule has 3 rings (SSSR count). The summed E-state index contributed by atoms with van der Waals surface area (Å²) in [4.78, 5) is 8.15. The van der Waals surface area contributed by atoms with Crippen molar-refractivity contribution in [3.63, 3.8) is 0 Å². The highest BCUT2D eigenvalue weighted by molar-refractivity contribution is 5.57. The second kappa shape index (κ2) is 4.06. The first-order valence-corrected chi connectivity index (χ1v) is 5.25. The van der Waals surface area contributed by atoms with Gasteiger partial charge in [0.05, 0.1) is 5.56 Å². The Labute approximate surface area is 101 Å². The average Bonchev–Trinajstić information content (AvgIpc) is 2.98. The lowest BCUT2D eigenvalue weighted by molar-refractivity contribution is 0.429. The maximum atomic E-state index is 13.5. The highest BCUT2D eigenvalue weighted by Gasteiger charge is 2.15. The molecule has 90 valence electrons. The molecule has 5 nitrogen and oxygen atoms in total. The fraction of sp³-hybridized carbons (Fsp3) is 0.0833. The number of benzene rings is 1. The van der Waals surface area contributed by atoms with Crippen LogP contribution < -0.4 is 0 Å². The summed E-state index contributed by atoms with van der Waals surface area (Å²) in [5, 5.41) is 3.74. The fourth-order valence-corrected chi connectivity index (χ4v) is 1.54. The van der Waals surface area contributed by atoms with Gasteiger partial charge in [-0.3, -0.25) is 0 Å². The lowest BCUT2D eigenvalue weighted by atomic mass is 10.2. The predicted molar refractivity (Wildman–Crippen MR) is 59.9 cm³/mol. The molecule has 0 aliphatic carbocycles. The van der Waals surface area contributed by atoms with Gasteiger partial charge in [-0.15, -0.1) is 0 Å². The summed E-state index contributed by atoms with van der Waals surface area (Å²) in [7, 11) is 0. The topological polar surface area (TPSA) is 65.0 Å². The van der Waals surface area contributed by atoms with E-state index in [4.69, 9.17) is 8.94 Å². The first-order chi connectivity index (χ1) is 8.74. The van der Waals surface area contributed by atoms with E-state index in [2.05, 4.69) is 15.1 Å². The molecule has 0 fully saturated rings. The zero-order chi connectivity index (χ0) is 12.5. The molecule has 6 heteroatoms. The van der Waals surface area contributed by atoms with Crippen molar-refractivity contribution in [2.75, 3.05) is 0 Å². The van der Waals surface area contributed by atoms with Crippen LogP contribution in [-0.4, -0.2) is 15.1 Å². The predicted octanol–water partition coefficient (Wildman–Crippen LogP) is 2.84. The van der Waals surface area contributed by atoms with Gasteiger partial charge in [0, 0.05) is 6.92 Å². The molecule has 0 aliphatic rings. The molecule has 2 heterocycles. The summed E-state index contributed by atoms with van der Waals surface area (Å²) < 4.78 is 23.6. The Morgan fingerprint density at radius 2 is 2.00 bits per heavy atom. The van der Waals surface area contributed by atoms with E-state index >= 15 is 0 Å². The zero-order valence-electron chi connectivity index (χ0n) is 9.42. The van der Waals surface area contributed by atoms with E-state index in [0.29, 0.717) is 11.6 Å². The van der Waals surface area contributed by atoms with Crippen LogP contribution in [0.5, 0.6) is 0 Å². The van der Waals surface area contributed by atoms with Gasteiger partial charge in [0.1, 0.15) is 17.8 Å². The highest BCUT2D eigenvalue weighted by Crippen LogP contribution is 2.23. The third-order valence-electron chi connectivity index (χ3n) is 2.38. The van der Waals surface area contributed by atoms with Gasteiger partial charge in [0.15, 0.2) is 5.89 Å². The molecule has 0 saturated heterocycles. The lowest BCUT2D eigenvalue weighted by Gasteiger charge is -1.94. The first kappa shape index (κ1) is 10.6. The van der Waals surface area contributed by atoms with Crippen LogP contribution in [0.1, 0.15) is 5.89 Å². The number of hydrogen-bond donors (Lipinski definition) is 0. The van der Waals surface area contributed by atoms with E-state index in [1.807, 2.05) is 0 Å². The van der Waals surface area contributed by atoms with Gasteiger partial charge in [-0.2, -0.15) is 4.98 Å². The monoisotopic (exact) mass is 245 g/mol. The van der Waals surface area contributed by atoms with Crippen LogP contribution in [0.4, 0.5) is 4.39 Å². The van der Waals surface area contributed by atoms with Crippen LogP contribution in [-0.2, 0) is 0 Å². The Bertz CT molecular complexity index is 690. The molecule has 1 aromatic carbocycles. The summed E-state index contributed by atoms with van der Waals surface area (Å²) >= 11 is 0. The summed E-state index contributed by atoms with van der Waals surface area (Å²) in [5.41, 5.74) is 0.718. The minimum atomic E-state index is -0.413. The third-order valence-corrected chi connectivity index (χ3v) is 2.38. The summed E-state index contributed by atoms with van der Waals surface area (Å²) in [6.07, 6.45) is 1.42. The van der Waals surface area contributed by atoms with Crippen molar-refractivity contribution in [3.8, 4) is 23.0 Å². The zero-order valence-corrected chi connectivity index (χ0v) is 9.42. The lowest BCUT2D eigenvalue weighted by Crippen LogP contribution is -1.84. The van der Waals surface area contributed by atoms with Crippen LogP contribution in [0, 0.1) is 12.7 Å². The standard InChI is InChI=1S/C12H8FN3O2/c1-7-14-10(6-17-7)11-15-12(18-16-11)8-4-2-3-5-9(8)13/h2-6H,1H3. The van der Waals surface area contributed by atoms with E-state index in [-0.39, 0.29) is 17.3 Å². The Morgan fingerprint density at radius 1 is 1.17 bits per heavy atom. The van der Waals surface area contributed by atoms with Gasteiger partial charge < -0.3 is 8.94 Å². The molecule has 0 aliphatic heterocycles. The van der Waals surface area contributed by atoms with Gasteiger partial charge in [-0.25, -0.2) is 9.37 Å². The largest absolute Gasteiger partial charge is 0.449 e. The van der Waals surface area contributed by atoms with Crippen LogP contribution in [0.15, 0.2) is 39.5 Å². The number of nitrogens with zero attached hydrogens (tertiary/aromatic N) is 3. The van der Waals surface area contributed by atoms with E-state index in [0.717, 1.165) is 0 Å². The van der Waals surface area contributed by atoms with Gasteiger partial charge in [0.25, 0.3) is 5.89 Å². The first-order valence-electron chi connectivity index (χ1n) is 5.25. The number of aromatic nitrogens is 3. The van der Waals surface area contributed by atoms with E-state index in [1.54, 1.807) is 25.1 Å². The molecule has 0 atom stereocenters. The molecule has 18 heavy (non-hydrogen) atoms. The quantitative estimate of drug-likeness (QED) is 0.694. The van der Waals surface area contributed by atoms with Crippen molar-refractivity contribution in [3.05, 3.63) is 42.2 Å². The molecule has 0 radical (unpaired) electrons. The van der Waals surface area contributed by atoms with Crippen LogP contribution in [0.3, 0.4) is 0 Å². The van der Waals surface area contributed by atoms with E-state index in [9.17, 15) is 4.39 Å². The molecule has 0 spiro atoms. The van der Waals surface area contributed by atoms with Crippen molar-refractivity contribution in [1.82, 2.24) is 15.1 Å². The minimum Gasteiger partial charge on any atom is -0.449 e. The SMILES string of the molecule is Cc1nc(-c2noc(-c3ccccc3F)n2)co1. The highest BCUT2D eigenvalue weighted by atomic mass is 19.1. The number of aryl methyl sites for hydroxylation is 1. The van der Waals surface area contributed by atoms with Gasteiger partial charge in [0.2, 0.25) is 5.82 Å². The molecule has 0 unspecified atom stereocenters. The van der Waals surface area contributed by atoms with Gasteiger partial charge in [-0.1, -0.05) is 17.3 Å².